The molecule has 90 valence electrons. The van der Waals surface area contributed by atoms with E-state index in [1.54, 1.807) is 0 Å². The molecule has 2 rings (SSSR count). The summed E-state index contributed by atoms with van der Waals surface area (Å²) < 4.78 is 0. The molecule has 0 saturated heterocycles. The Morgan fingerprint density at radius 3 is 2.59 bits per heavy atom. The average molecular weight is 245 g/mol. The lowest BCUT2D eigenvalue weighted by Crippen LogP contribution is -2.16. The first-order valence-corrected chi connectivity index (χ1v) is 6.93. The Morgan fingerprint density at radius 2 is 1.94 bits per heavy atom. The molecule has 0 aliphatic rings. The Kier molecular flexibility index (Phi) is 3.97. The molecule has 1 N–H and O–H groups in total. The SMILES string of the molecule is CCNC(C)c1cc(C)c(-c2ccccc2)s1. The van der Waals surface area contributed by atoms with Crippen molar-refractivity contribution in [2.24, 2.45) is 0 Å². The fourth-order valence-corrected chi connectivity index (χ4v) is 3.21. The van der Waals surface area contributed by atoms with Gasteiger partial charge in [0.25, 0.3) is 0 Å². The topological polar surface area (TPSA) is 12.0 Å². The largest absolute Gasteiger partial charge is 0.310 e. The minimum absolute atomic E-state index is 0.446. The van der Waals surface area contributed by atoms with Crippen LogP contribution < -0.4 is 5.32 Å². The predicted octanol–water partition coefficient (Wildman–Crippen LogP) is 4.39. The van der Waals surface area contributed by atoms with Crippen molar-refractivity contribution in [2.45, 2.75) is 26.8 Å². The number of nitrogens with one attached hydrogen (secondary N) is 1. The summed E-state index contributed by atoms with van der Waals surface area (Å²) in [7, 11) is 0. The van der Waals surface area contributed by atoms with Crippen LogP contribution in [0.25, 0.3) is 10.4 Å². The van der Waals surface area contributed by atoms with E-state index in [0.29, 0.717) is 6.04 Å². The molecular formula is C15H19NS. The summed E-state index contributed by atoms with van der Waals surface area (Å²) >= 11 is 1.90. The molecule has 2 aromatic rings. The molecule has 0 aliphatic carbocycles. The number of hydrogen-bond acceptors (Lipinski definition) is 2. The summed E-state index contributed by atoms with van der Waals surface area (Å²) in [6.45, 7) is 7.58. The van der Waals surface area contributed by atoms with Crippen molar-refractivity contribution in [2.75, 3.05) is 6.54 Å². The molecule has 0 bridgehead atoms. The molecule has 0 saturated carbocycles. The maximum atomic E-state index is 3.46. The molecule has 0 spiro atoms. The molecular weight excluding hydrogens is 226 g/mol. The van der Waals surface area contributed by atoms with E-state index < -0.39 is 0 Å². The van der Waals surface area contributed by atoms with E-state index in [-0.39, 0.29) is 0 Å². The van der Waals surface area contributed by atoms with Gasteiger partial charge in [-0.3, -0.25) is 0 Å². The molecule has 0 aliphatic heterocycles. The van der Waals surface area contributed by atoms with Crippen LogP contribution in [0.3, 0.4) is 0 Å². The smallest absolute Gasteiger partial charge is 0.0386 e. The van der Waals surface area contributed by atoms with Gasteiger partial charge < -0.3 is 5.32 Å². The molecule has 17 heavy (non-hydrogen) atoms. The second kappa shape index (κ2) is 5.48. The van der Waals surface area contributed by atoms with Crippen molar-refractivity contribution >= 4 is 11.3 Å². The Labute approximate surface area is 108 Å². The normalized spacial score (nSPS) is 12.6. The molecule has 1 aromatic carbocycles. The van der Waals surface area contributed by atoms with Gasteiger partial charge in [0, 0.05) is 15.8 Å². The Balaban J connectivity index is 2.31. The fraction of sp³-hybridized carbons (Fsp3) is 0.333. The highest BCUT2D eigenvalue weighted by Crippen LogP contribution is 2.34. The Bertz CT molecular complexity index is 473. The second-order valence-electron chi connectivity index (χ2n) is 4.31. The van der Waals surface area contributed by atoms with Crippen LogP contribution in [0.15, 0.2) is 36.4 Å². The molecule has 0 amide bonds. The van der Waals surface area contributed by atoms with Gasteiger partial charge in [0.2, 0.25) is 0 Å². The average Bonchev–Trinajstić information content (AvgIpc) is 2.73. The van der Waals surface area contributed by atoms with Crippen molar-refractivity contribution in [1.82, 2.24) is 5.32 Å². The summed E-state index contributed by atoms with van der Waals surface area (Å²) in [6.07, 6.45) is 0. The zero-order valence-corrected chi connectivity index (χ0v) is 11.5. The number of hydrogen-bond donors (Lipinski definition) is 1. The van der Waals surface area contributed by atoms with Crippen molar-refractivity contribution < 1.29 is 0 Å². The maximum Gasteiger partial charge on any atom is 0.0386 e. The zero-order chi connectivity index (χ0) is 12.3. The standard InChI is InChI=1S/C15H19NS/c1-4-16-12(3)14-10-11(2)15(17-14)13-8-6-5-7-9-13/h5-10,12,16H,4H2,1-3H3. The summed E-state index contributed by atoms with van der Waals surface area (Å²) in [4.78, 5) is 2.81. The molecule has 1 unspecified atom stereocenters. The molecule has 0 radical (unpaired) electrons. The summed E-state index contributed by atoms with van der Waals surface area (Å²) in [5.74, 6) is 0. The van der Waals surface area contributed by atoms with E-state index in [9.17, 15) is 0 Å². The van der Waals surface area contributed by atoms with E-state index in [1.165, 1.54) is 20.9 Å². The quantitative estimate of drug-likeness (QED) is 0.842. The lowest BCUT2D eigenvalue weighted by molar-refractivity contribution is 0.607. The van der Waals surface area contributed by atoms with E-state index in [4.69, 9.17) is 0 Å². The van der Waals surface area contributed by atoms with E-state index >= 15 is 0 Å². The molecule has 1 nitrogen and oxygen atoms in total. The van der Waals surface area contributed by atoms with Gasteiger partial charge in [0.1, 0.15) is 0 Å². The molecule has 1 atom stereocenters. The number of aryl methyl sites for hydroxylation is 1. The number of thiophene rings is 1. The molecule has 1 heterocycles. The van der Waals surface area contributed by atoms with Gasteiger partial charge in [-0.15, -0.1) is 11.3 Å². The molecule has 1 aromatic heterocycles. The third-order valence-corrected chi connectivity index (χ3v) is 4.38. The van der Waals surface area contributed by atoms with Crippen LogP contribution in [-0.2, 0) is 0 Å². The van der Waals surface area contributed by atoms with Gasteiger partial charge in [-0.2, -0.15) is 0 Å². The summed E-state index contributed by atoms with van der Waals surface area (Å²) in [5, 5.41) is 3.46. The highest BCUT2D eigenvalue weighted by atomic mass is 32.1. The van der Waals surface area contributed by atoms with Crippen molar-refractivity contribution in [3.8, 4) is 10.4 Å². The van der Waals surface area contributed by atoms with Gasteiger partial charge in [0.15, 0.2) is 0 Å². The van der Waals surface area contributed by atoms with Crippen LogP contribution >= 0.6 is 11.3 Å². The first kappa shape index (κ1) is 12.3. The van der Waals surface area contributed by atoms with Gasteiger partial charge >= 0.3 is 0 Å². The van der Waals surface area contributed by atoms with E-state index in [1.807, 2.05) is 11.3 Å². The van der Waals surface area contributed by atoms with Crippen LogP contribution in [0.5, 0.6) is 0 Å². The Morgan fingerprint density at radius 1 is 1.24 bits per heavy atom. The minimum Gasteiger partial charge on any atom is -0.310 e. The Hall–Kier alpha value is -1.12. The van der Waals surface area contributed by atoms with Gasteiger partial charge in [-0.25, -0.2) is 0 Å². The third kappa shape index (κ3) is 2.76. The van der Waals surface area contributed by atoms with Crippen molar-refractivity contribution in [3.63, 3.8) is 0 Å². The minimum atomic E-state index is 0.446. The number of rotatable bonds is 4. The van der Waals surface area contributed by atoms with Crippen LogP contribution in [0, 0.1) is 6.92 Å². The number of benzene rings is 1. The lowest BCUT2D eigenvalue weighted by atomic mass is 10.1. The monoisotopic (exact) mass is 245 g/mol. The summed E-state index contributed by atoms with van der Waals surface area (Å²) in [6, 6.07) is 13.4. The predicted molar refractivity (Wildman–Crippen MR) is 76.6 cm³/mol. The van der Waals surface area contributed by atoms with E-state index in [2.05, 4.69) is 62.5 Å². The van der Waals surface area contributed by atoms with Crippen molar-refractivity contribution in [3.05, 3.63) is 46.8 Å². The van der Waals surface area contributed by atoms with Crippen molar-refractivity contribution in [1.29, 1.82) is 0 Å². The van der Waals surface area contributed by atoms with Crippen LogP contribution in [0.4, 0.5) is 0 Å². The highest BCUT2D eigenvalue weighted by molar-refractivity contribution is 7.15. The highest BCUT2D eigenvalue weighted by Gasteiger charge is 2.11. The maximum absolute atomic E-state index is 3.46. The second-order valence-corrected chi connectivity index (χ2v) is 5.39. The van der Waals surface area contributed by atoms with Gasteiger partial charge in [-0.05, 0) is 37.6 Å². The van der Waals surface area contributed by atoms with E-state index in [0.717, 1.165) is 6.54 Å². The first-order chi connectivity index (χ1) is 8.22. The fourth-order valence-electron chi connectivity index (χ4n) is 2.00. The zero-order valence-electron chi connectivity index (χ0n) is 10.7. The molecule has 0 fully saturated rings. The first-order valence-electron chi connectivity index (χ1n) is 6.11. The van der Waals surface area contributed by atoms with Crippen LogP contribution in [-0.4, -0.2) is 6.54 Å². The summed E-state index contributed by atoms with van der Waals surface area (Å²) in [5.41, 5.74) is 2.70. The van der Waals surface area contributed by atoms with Gasteiger partial charge in [0.05, 0.1) is 0 Å². The van der Waals surface area contributed by atoms with Crippen LogP contribution in [0.1, 0.15) is 30.3 Å². The molecule has 2 heteroatoms. The van der Waals surface area contributed by atoms with Gasteiger partial charge in [-0.1, -0.05) is 37.3 Å². The third-order valence-electron chi connectivity index (χ3n) is 2.91. The lowest BCUT2D eigenvalue weighted by Gasteiger charge is -2.08. The van der Waals surface area contributed by atoms with Crippen LogP contribution in [0.2, 0.25) is 0 Å².